The van der Waals surface area contributed by atoms with Crippen molar-refractivity contribution in [1.29, 1.82) is 0 Å². The number of aromatic nitrogens is 1. The molecule has 0 aromatic carbocycles. The topological polar surface area (TPSA) is 37.0 Å². The summed E-state index contributed by atoms with van der Waals surface area (Å²) in [5.41, 5.74) is 1.14. The molecular weight excluding hydrogens is 206 g/mol. The molecule has 1 rings (SSSR count). The van der Waals surface area contributed by atoms with E-state index in [4.69, 9.17) is 12.2 Å². The largest absolute Gasteiger partial charge is 0.360 e. The van der Waals surface area contributed by atoms with Crippen molar-refractivity contribution in [2.45, 2.75) is 33.2 Å². The molecule has 82 valence electrons. The number of pyridine rings is 1. The molecular formula is C11H17N3S. The van der Waals surface area contributed by atoms with E-state index in [0.717, 1.165) is 17.8 Å². The van der Waals surface area contributed by atoms with E-state index in [0.29, 0.717) is 11.2 Å². The molecule has 0 saturated carbocycles. The quantitative estimate of drug-likeness (QED) is 0.772. The van der Waals surface area contributed by atoms with Gasteiger partial charge in [0.2, 0.25) is 0 Å². The highest BCUT2D eigenvalue weighted by atomic mass is 32.1. The minimum atomic E-state index is 0.385. The van der Waals surface area contributed by atoms with Crippen LogP contribution in [0.15, 0.2) is 18.3 Å². The van der Waals surface area contributed by atoms with Crippen LogP contribution >= 0.6 is 12.2 Å². The summed E-state index contributed by atoms with van der Waals surface area (Å²) in [5, 5.41) is 6.84. The number of nitrogens with zero attached hydrogens (tertiary/aromatic N) is 1. The molecule has 15 heavy (non-hydrogen) atoms. The Balaban J connectivity index is 2.48. The first-order valence-corrected chi connectivity index (χ1v) is 5.52. The van der Waals surface area contributed by atoms with Crippen LogP contribution in [0.3, 0.4) is 0 Å². The average molecular weight is 223 g/mol. The van der Waals surface area contributed by atoms with Crippen LogP contribution in [0.2, 0.25) is 0 Å². The summed E-state index contributed by atoms with van der Waals surface area (Å²) in [6.07, 6.45) is 2.86. The molecule has 1 heterocycles. The predicted molar refractivity (Wildman–Crippen MR) is 68.1 cm³/mol. The normalized spacial score (nSPS) is 11.9. The summed E-state index contributed by atoms with van der Waals surface area (Å²) in [6, 6.07) is 4.30. The molecule has 0 saturated heterocycles. The Morgan fingerprint density at radius 1 is 1.53 bits per heavy atom. The van der Waals surface area contributed by atoms with E-state index in [1.54, 1.807) is 0 Å². The number of aryl methyl sites for hydroxylation is 1. The predicted octanol–water partition coefficient (Wildman–Crippen LogP) is 2.47. The van der Waals surface area contributed by atoms with Crippen molar-refractivity contribution in [2.75, 3.05) is 5.32 Å². The second-order valence-electron chi connectivity index (χ2n) is 3.63. The monoisotopic (exact) mass is 223 g/mol. The van der Waals surface area contributed by atoms with Gasteiger partial charge in [0.25, 0.3) is 0 Å². The molecule has 0 fully saturated rings. The first kappa shape index (κ1) is 11.9. The molecule has 0 aliphatic carbocycles. The maximum absolute atomic E-state index is 5.15. The second kappa shape index (κ2) is 5.66. The Bertz CT molecular complexity index is 321. The summed E-state index contributed by atoms with van der Waals surface area (Å²) in [5.74, 6) is 0.779. The number of nitrogens with one attached hydrogen (secondary N) is 2. The lowest BCUT2D eigenvalue weighted by Gasteiger charge is -2.14. The minimum absolute atomic E-state index is 0.385. The Hall–Kier alpha value is -1.16. The van der Waals surface area contributed by atoms with Gasteiger partial charge in [-0.05, 0) is 44.1 Å². The van der Waals surface area contributed by atoms with E-state index in [-0.39, 0.29) is 0 Å². The molecule has 1 atom stereocenters. The van der Waals surface area contributed by atoms with Crippen molar-refractivity contribution in [3.05, 3.63) is 23.9 Å². The Labute approximate surface area is 96.3 Å². The third-order valence-corrected chi connectivity index (χ3v) is 2.36. The van der Waals surface area contributed by atoms with Gasteiger partial charge in [-0.1, -0.05) is 13.0 Å². The van der Waals surface area contributed by atoms with Crippen molar-refractivity contribution >= 4 is 23.1 Å². The molecule has 2 N–H and O–H groups in total. The third kappa shape index (κ3) is 4.25. The van der Waals surface area contributed by atoms with Gasteiger partial charge in [0.1, 0.15) is 5.82 Å². The highest BCUT2D eigenvalue weighted by molar-refractivity contribution is 7.80. The van der Waals surface area contributed by atoms with Crippen LogP contribution in [0.25, 0.3) is 0 Å². The van der Waals surface area contributed by atoms with Crippen molar-refractivity contribution in [1.82, 2.24) is 10.3 Å². The standard InChI is InChI=1S/C11H17N3S/c1-4-9(3)13-11(15)14-10-6-5-8(2)7-12-10/h5-7,9H,4H2,1-3H3,(H2,12,13,14,15)/t9-/m1/s1. The summed E-state index contributed by atoms with van der Waals surface area (Å²) in [4.78, 5) is 4.21. The smallest absolute Gasteiger partial charge is 0.172 e. The third-order valence-electron chi connectivity index (χ3n) is 2.14. The van der Waals surface area contributed by atoms with Crippen LogP contribution < -0.4 is 10.6 Å². The first-order chi connectivity index (χ1) is 7.11. The lowest BCUT2D eigenvalue weighted by atomic mass is 10.3. The molecule has 1 aromatic heterocycles. The SMILES string of the molecule is CC[C@@H](C)NC(=S)Nc1ccc(C)cn1. The lowest BCUT2D eigenvalue weighted by molar-refractivity contribution is 0.646. The van der Waals surface area contributed by atoms with Gasteiger partial charge < -0.3 is 10.6 Å². The maximum atomic E-state index is 5.15. The zero-order valence-electron chi connectivity index (χ0n) is 9.37. The average Bonchev–Trinajstić information content (AvgIpc) is 2.21. The van der Waals surface area contributed by atoms with Gasteiger partial charge in [-0.25, -0.2) is 4.98 Å². The first-order valence-electron chi connectivity index (χ1n) is 5.12. The molecule has 0 unspecified atom stereocenters. The van der Waals surface area contributed by atoms with E-state index < -0.39 is 0 Å². The van der Waals surface area contributed by atoms with Crippen molar-refractivity contribution in [2.24, 2.45) is 0 Å². The zero-order chi connectivity index (χ0) is 11.3. The van der Waals surface area contributed by atoms with Crippen LogP contribution in [0, 0.1) is 6.92 Å². The van der Waals surface area contributed by atoms with Crippen LogP contribution in [0.1, 0.15) is 25.8 Å². The van der Waals surface area contributed by atoms with E-state index >= 15 is 0 Å². The van der Waals surface area contributed by atoms with Crippen molar-refractivity contribution in [3.8, 4) is 0 Å². The molecule has 0 radical (unpaired) electrons. The van der Waals surface area contributed by atoms with Gasteiger partial charge in [-0.15, -0.1) is 0 Å². The number of hydrogen-bond acceptors (Lipinski definition) is 2. The van der Waals surface area contributed by atoms with Crippen LogP contribution in [0.5, 0.6) is 0 Å². The second-order valence-corrected chi connectivity index (χ2v) is 4.04. The van der Waals surface area contributed by atoms with Gasteiger partial charge in [0, 0.05) is 12.2 Å². The van der Waals surface area contributed by atoms with Crippen LogP contribution in [-0.2, 0) is 0 Å². The molecule has 4 heteroatoms. The summed E-state index contributed by atoms with van der Waals surface area (Å²) < 4.78 is 0. The molecule has 1 aromatic rings. The molecule has 0 aliphatic heterocycles. The number of hydrogen-bond donors (Lipinski definition) is 2. The fraction of sp³-hybridized carbons (Fsp3) is 0.455. The summed E-state index contributed by atoms with van der Waals surface area (Å²) in [7, 11) is 0. The Kier molecular flexibility index (Phi) is 4.49. The van der Waals surface area contributed by atoms with Crippen molar-refractivity contribution < 1.29 is 0 Å². The van der Waals surface area contributed by atoms with Gasteiger partial charge in [0.15, 0.2) is 5.11 Å². The van der Waals surface area contributed by atoms with Gasteiger partial charge >= 0.3 is 0 Å². The Morgan fingerprint density at radius 3 is 2.80 bits per heavy atom. The molecule has 3 nitrogen and oxygen atoms in total. The van der Waals surface area contributed by atoms with E-state index in [1.807, 2.05) is 25.3 Å². The molecule has 0 amide bonds. The van der Waals surface area contributed by atoms with Crippen LogP contribution in [0.4, 0.5) is 5.82 Å². The Morgan fingerprint density at radius 2 is 2.27 bits per heavy atom. The summed E-state index contributed by atoms with van der Waals surface area (Å²) >= 11 is 5.15. The molecule has 0 aliphatic rings. The fourth-order valence-electron chi connectivity index (χ4n) is 1.02. The van der Waals surface area contributed by atoms with E-state index in [1.165, 1.54) is 0 Å². The van der Waals surface area contributed by atoms with Gasteiger partial charge in [-0.3, -0.25) is 0 Å². The number of thiocarbonyl (C=S) groups is 1. The number of rotatable bonds is 3. The highest BCUT2D eigenvalue weighted by Gasteiger charge is 2.01. The van der Waals surface area contributed by atoms with Crippen molar-refractivity contribution in [3.63, 3.8) is 0 Å². The zero-order valence-corrected chi connectivity index (χ0v) is 10.2. The molecule has 0 bridgehead atoms. The van der Waals surface area contributed by atoms with Gasteiger partial charge in [-0.2, -0.15) is 0 Å². The van der Waals surface area contributed by atoms with Gasteiger partial charge in [0.05, 0.1) is 0 Å². The highest BCUT2D eigenvalue weighted by Crippen LogP contribution is 2.03. The van der Waals surface area contributed by atoms with E-state index in [2.05, 4.69) is 29.5 Å². The van der Waals surface area contributed by atoms with Crippen LogP contribution in [-0.4, -0.2) is 16.1 Å². The summed E-state index contributed by atoms with van der Waals surface area (Å²) in [6.45, 7) is 6.22. The maximum Gasteiger partial charge on any atom is 0.172 e. The molecule has 0 spiro atoms. The lowest BCUT2D eigenvalue weighted by Crippen LogP contribution is -2.35. The minimum Gasteiger partial charge on any atom is -0.360 e. The fourth-order valence-corrected chi connectivity index (χ4v) is 1.33. The number of anilines is 1. The van der Waals surface area contributed by atoms with E-state index in [9.17, 15) is 0 Å².